The van der Waals surface area contributed by atoms with Gasteiger partial charge < -0.3 is 10.2 Å². The van der Waals surface area contributed by atoms with Crippen molar-refractivity contribution in [3.05, 3.63) is 42.1 Å². The number of piperidine rings is 1. The van der Waals surface area contributed by atoms with Crippen molar-refractivity contribution in [2.45, 2.75) is 44.3 Å². The molecule has 0 unspecified atom stereocenters. The van der Waals surface area contributed by atoms with Gasteiger partial charge in [0.05, 0.1) is 17.3 Å². The van der Waals surface area contributed by atoms with Crippen molar-refractivity contribution in [1.82, 2.24) is 20.5 Å². The molecule has 202 valence electrons. The van der Waals surface area contributed by atoms with E-state index in [1.807, 2.05) is 37.4 Å². The second-order valence-electron chi connectivity index (χ2n) is 9.34. The minimum Gasteiger partial charge on any atom is -0.306 e. The maximum Gasteiger partial charge on any atom is 0.450 e. The monoisotopic (exact) mass is 538 g/mol. The van der Waals surface area contributed by atoms with Crippen LogP contribution < -0.4 is 10.6 Å². The Morgan fingerprint density at radius 1 is 1.19 bits per heavy atom. The van der Waals surface area contributed by atoms with Crippen LogP contribution in [0, 0.1) is 5.92 Å². The normalized spacial score (nSPS) is 16.0. The van der Waals surface area contributed by atoms with E-state index in [0.717, 1.165) is 41.3 Å². The van der Waals surface area contributed by atoms with Gasteiger partial charge in [-0.05, 0) is 82.2 Å². The minimum absolute atomic E-state index is 0.214. The lowest BCUT2D eigenvalue weighted by molar-refractivity contribution is -0.167. The lowest BCUT2D eigenvalue weighted by Crippen LogP contribution is -2.49. The summed E-state index contributed by atoms with van der Waals surface area (Å²) in [5, 5.41) is 6.75. The number of alkyl halides is 3. The van der Waals surface area contributed by atoms with Crippen LogP contribution in [0.2, 0.25) is 0 Å². The summed E-state index contributed by atoms with van der Waals surface area (Å²) in [6, 6.07) is 9.13. The van der Waals surface area contributed by atoms with Crippen molar-refractivity contribution in [3.8, 4) is 0 Å². The van der Waals surface area contributed by atoms with E-state index in [9.17, 15) is 27.6 Å². The number of hydrogen-bond acceptors (Lipinski definition) is 7. The van der Waals surface area contributed by atoms with Crippen LogP contribution in [0.3, 0.4) is 0 Å². The molecule has 0 spiro atoms. The Morgan fingerprint density at radius 2 is 1.92 bits per heavy atom. The number of fused-ring (bicyclic) bond motifs is 1. The number of pyridine rings is 1. The number of para-hydroxylation sites is 1. The Balaban J connectivity index is 1.53. The van der Waals surface area contributed by atoms with Crippen LogP contribution in [0.15, 0.2) is 36.5 Å². The molecule has 1 aliphatic rings. The zero-order valence-corrected chi connectivity index (χ0v) is 21.7. The van der Waals surface area contributed by atoms with Gasteiger partial charge >= 0.3 is 6.18 Å². The predicted molar refractivity (Wildman–Crippen MR) is 138 cm³/mol. The van der Waals surface area contributed by atoms with Crippen molar-refractivity contribution >= 4 is 40.3 Å². The molecule has 11 heteroatoms. The van der Waals surface area contributed by atoms with Gasteiger partial charge in [-0.15, -0.1) is 0 Å². The van der Waals surface area contributed by atoms with E-state index in [1.54, 1.807) is 6.20 Å². The average molecular weight is 539 g/mol. The Morgan fingerprint density at radius 3 is 2.65 bits per heavy atom. The van der Waals surface area contributed by atoms with Gasteiger partial charge in [0, 0.05) is 17.5 Å². The Kier molecular flexibility index (Phi) is 10.9. The molecule has 1 aliphatic heterocycles. The molecule has 1 atom stereocenters. The summed E-state index contributed by atoms with van der Waals surface area (Å²) in [4.78, 5) is 43.2. The van der Waals surface area contributed by atoms with Crippen molar-refractivity contribution in [3.63, 3.8) is 0 Å². The maximum absolute atomic E-state index is 13.0. The number of nitrogens with zero attached hydrogens (tertiary/aromatic N) is 2. The number of halogens is 3. The van der Waals surface area contributed by atoms with Gasteiger partial charge in [-0.2, -0.15) is 24.9 Å². The van der Waals surface area contributed by atoms with E-state index < -0.39 is 29.7 Å². The van der Waals surface area contributed by atoms with Crippen molar-refractivity contribution in [2.24, 2.45) is 5.92 Å². The summed E-state index contributed by atoms with van der Waals surface area (Å²) >= 11 is 0.892. The summed E-state index contributed by atoms with van der Waals surface area (Å²) in [5.74, 6) is -3.04. The number of nitrogens with one attached hydrogen (secondary N) is 2. The highest BCUT2D eigenvalue weighted by molar-refractivity contribution is 7.99. The van der Waals surface area contributed by atoms with E-state index in [4.69, 9.17) is 0 Å². The second kappa shape index (κ2) is 13.9. The molecule has 0 radical (unpaired) electrons. The molecule has 2 heterocycles. The average Bonchev–Trinajstić information content (AvgIpc) is 2.87. The lowest BCUT2D eigenvalue weighted by Gasteiger charge is -2.28. The third-order valence-electron chi connectivity index (χ3n) is 6.43. The number of carbonyl (C=O) groups is 3. The van der Waals surface area contributed by atoms with E-state index in [1.165, 1.54) is 0 Å². The highest BCUT2D eigenvalue weighted by Gasteiger charge is 2.37. The number of benzene rings is 1. The highest BCUT2D eigenvalue weighted by atomic mass is 32.2. The zero-order valence-electron chi connectivity index (χ0n) is 20.9. The largest absolute Gasteiger partial charge is 0.450 e. The summed E-state index contributed by atoms with van der Waals surface area (Å²) in [6.45, 7) is 2.05. The smallest absolute Gasteiger partial charge is 0.306 e. The number of hydrogen-bond donors (Lipinski definition) is 2. The summed E-state index contributed by atoms with van der Waals surface area (Å²) in [5.41, 5.74) is 1.89. The minimum atomic E-state index is -4.83. The second-order valence-corrected chi connectivity index (χ2v) is 10.4. The number of amides is 2. The first-order valence-electron chi connectivity index (χ1n) is 12.4. The van der Waals surface area contributed by atoms with Crippen molar-refractivity contribution in [1.29, 1.82) is 0 Å². The standard InChI is InChI=1S/C26H33F3N4O3S/c1-33-12-9-19(10-13-33)24(35)32-25(36)22(7-4-14-37-17-23(34)26(27,28)29)30-11-8-18-15-20-5-2-3-6-21(20)31-16-18/h2-3,5-6,15-16,19,22,30H,4,7-14,17H2,1H3,(H,32,35,36)/t22-/m0/s1. The van der Waals surface area contributed by atoms with Crippen LogP contribution in [0.4, 0.5) is 13.2 Å². The Hall–Kier alpha value is -2.50. The molecule has 1 fully saturated rings. The SMILES string of the molecule is CN1CCC(C(=O)NC(=O)[C@H](CCCSCC(=O)C(F)(F)F)NCCc2cnc3ccccc3c2)CC1. The van der Waals surface area contributed by atoms with Crippen molar-refractivity contribution < 1.29 is 27.6 Å². The van der Waals surface area contributed by atoms with E-state index >= 15 is 0 Å². The zero-order chi connectivity index (χ0) is 26.8. The molecule has 2 N–H and O–H groups in total. The number of rotatable bonds is 12. The molecule has 7 nitrogen and oxygen atoms in total. The summed E-state index contributed by atoms with van der Waals surface area (Å²) in [6.07, 6.45) is -0.311. The van der Waals surface area contributed by atoms with Gasteiger partial charge in [0.1, 0.15) is 0 Å². The Bertz CT molecular complexity index is 1070. The number of thioether (sulfide) groups is 1. The molecule has 1 aromatic carbocycles. The number of carbonyl (C=O) groups excluding carboxylic acids is 3. The molecule has 0 bridgehead atoms. The van der Waals surface area contributed by atoms with E-state index in [-0.39, 0.29) is 11.8 Å². The molecular weight excluding hydrogens is 505 g/mol. The number of imide groups is 1. The fraction of sp³-hybridized carbons (Fsp3) is 0.538. The van der Waals surface area contributed by atoms with Crippen LogP contribution in [0.5, 0.6) is 0 Å². The topological polar surface area (TPSA) is 91.4 Å². The van der Waals surface area contributed by atoms with Gasteiger partial charge in [0.25, 0.3) is 0 Å². The molecule has 1 saturated heterocycles. The summed E-state index contributed by atoms with van der Waals surface area (Å²) in [7, 11) is 1.99. The molecule has 2 aromatic rings. The van der Waals surface area contributed by atoms with Gasteiger partial charge in [-0.1, -0.05) is 18.2 Å². The van der Waals surface area contributed by atoms with Gasteiger partial charge in [0.15, 0.2) is 0 Å². The van der Waals surface area contributed by atoms with Gasteiger partial charge in [-0.25, -0.2) is 0 Å². The Labute approximate surface area is 218 Å². The number of Topliss-reactive ketones (excluding diaryl/α,β-unsaturated/α-hetero) is 1. The number of likely N-dealkylation sites (tertiary alicyclic amines) is 1. The first-order valence-corrected chi connectivity index (χ1v) is 13.6. The molecule has 0 aliphatic carbocycles. The first kappa shape index (κ1) is 29.1. The van der Waals surface area contributed by atoms with Crippen LogP contribution in [-0.4, -0.2) is 77.9 Å². The summed E-state index contributed by atoms with van der Waals surface area (Å²) < 4.78 is 37.2. The fourth-order valence-electron chi connectivity index (χ4n) is 4.19. The number of aromatic nitrogens is 1. The first-order chi connectivity index (χ1) is 17.6. The van der Waals surface area contributed by atoms with Gasteiger partial charge in [-0.3, -0.25) is 24.7 Å². The third kappa shape index (κ3) is 9.39. The van der Waals surface area contributed by atoms with E-state index in [0.29, 0.717) is 44.4 Å². The maximum atomic E-state index is 13.0. The molecule has 1 aromatic heterocycles. The van der Waals surface area contributed by atoms with Crippen LogP contribution in [0.1, 0.15) is 31.2 Å². The van der Waals surface area contributed by atoms with Crippen molar-refractivity contribution in [2.75, 3.05) is 38.2 Å². The van der Waals surface area contributed by atoms with Gasteiger partial charge in [0.2, 0.25) is 17.6 Å². The molecule has 0 saturated carbocycles. The highest BCUT2D eigenvalue weighted by Crippen LogP contribution is 2.20. The third-order valence-corrected chi connectivity index (χ3v) is 7.48. The fourth-order valence-corrected chi connectivity index (χ4v) is 5.05. The molecule has 3 rings (SSSR count). The van der Waals surface area contributed by atoms with Crippen LogP contribution in [0.25, 0.3) is 10.9 Å². The molecular formula is C26H33F3N4O3S. The lowest BCUT2D eigenvalue weighted by atomic mass is 9.96. The molecule has 37 heavy (non-hydrogen) atoms. The predicted octanol–water partition coefficient (Wildman–Crippen LogP) is 3.36. The van der Waals surface area contributed by atoms with Crippen LogP contribution in [-0.2, 0) is 20.8 Å². The van der Waals surface area contributed by atoms with Crippen LogP contribution >= 0.6 is 11.8 Å². The number of ketones is 1. The quantitative estimate of drug-likeness (QED) is 0.401. The van der Waals surface area contributed by atoms with E-state index in [2.05, 4.69) is 20.5 Å². The molecule has 2 amide bonds.